The standard InChI is InChI=1S/C11H12ClN3/c1-9(10-2-4-13-5-3-10)15-7-11(6-12)14-8-15/h2-5,7-9H,6H2,1H3. The van der Waals surface area contributed by atoms with E-state index in [-0.39, 0.29) is 6.04 Å². The highest BCUT2D eigenvalue weighted by molar-refractivity contribution is 6.16. The fourth-order valence-electron chi connectivity index (χ4n) is 1.47. The highest BCUT2D eigenvalue weighted by Crippen LogP contribution is 2.17. The van der Waals surface area contributed by atoms with Crippen LogP contribution in [-0.4, -0.2) is 14.5 Å². The summed E-state index contributed by atoms with van der Waals surface area (Å²) in [6.45, 7) is 2.12. The van der Waals surface area contributed by atoms with Gasteiger partial charge in [-0.25, -0.2) is 4.98 Å². The molecule has 2 aromatic heterocycles. The lowest BCUT2D eigenvalue weighted by molar-refractivity contribution is 0.637. The maximum atomic E-state index is 5.71. The fourth-order valence-corrected chi connectivity index (χ4v) is 1.61. The molecule has 2 rings (SSSR count). The molecule has 0 spiro atoms. The molecule has 1 unspecified atom stereocenters. The van der Waals surface area contributed by atoms with Crippen molar-refractivity contribution in [2.75, 3.05) is 0 Å². The third-order valence-corrected chi connectivity index (χ3v) is 2.70. The molecule has 0 aromatic carbocycles. The van der Waals surface area contributed by atoms with Gasteiger partial charge in [0.2, 0.25) is 0 Å². The van der Waals surface area contributed by atoms with Gasteiger partial charge in [0, 0.05) is 18.6 Å². The van der Waals surface area contributed by atoms with Gasteiger partial charge in [-0.05, 0) is 24.6 Å². The molecule has 78 valence electrons. The van der Waals surface area contributed by atoms with E-state index in [1.165, 1.54) is 5.56 Å². The van der Waals surface area contributed by atoms with Crippen molar-refractivity contribution in [2.24, 2.45) is 0 Å². The van der Waals surface area contributed by atoms with Crippen LogP contribution in [0.3, 0.4) is 0 Å². The van der Waals surface area contributed by atoms with Crippen LogP contribution in [0.15, 0.2) is 37.1 Å². The summed E-state index contributed by atoms with van der Waals surface area (Å²) >= 11 is 5.71. The Morgan fingerprint density at radius 2 is 2.13 bits per heavy atom. The Kier molecular flexibility index (Phi) is 3.02. The van der Waals surface area contributed by atoms with Crippen LogP contribution in [0.5, 0.6) is 0 Å². The molecule has 0 N–H and O–H groups in total. The van der Waals surface area contributed by atoms with Gasteiger partial charge in [0.15, 0.2) is 0 Å². The Labute approximate surface area is 93.7 Å². The van der Waals surface area contributed by atoms with Crippen LogP contribution in [-0.2, 0) is 5.88 Å². The van der Waals surface area contributed by atoms with E-state index in [9.17, 15) is 0 Å². The molecule has 0 fully saturated rings. The Morgan fingerprint density at radius 1 is 1.40 bits per heavy atom. The molecule has 2 heterocycles. The summed E-state index contributed by atoms with van der Waals surface area (Å²) < 4.78 is 2.05. The monoisotopic (exact) mass is 221 g/mol. The first-order valence-electron chi connectivity index (χ1n) is 4.79. The molecule has 0 saturated heterocycles. The fraction of sp³-hybridized carbons (Fsp3) is 0.273. The number of rotatable bonds is 3. The van der Waals surface area contributed by atoms with Crippen LogP contribution in [0.1, 0.15) is 24.2 Å². The van der Waals surface area contributed by atoms with Crippen molar-refractivity contribution in [3.05, 3.63) is 48.3 Å². The summed E-state index contributed by atoms with van der Waals surface area (Å²) in [5, 5.41) is 0. The van der Waals surface area contributed by atoms with E-state index in [1.54, 1.807) is 12.4 Å². The van der Waals surface area contributed by atoms with E-state index >= 15 is 0 Å². The van der Waals surface area contributed by atoms with Crippen molar-refractivity contribution in [2.45, 2.75) is 18.8 Å². The Balaban J connectivity index is 2.24. The van der Waals surface area contributed by atoms with E-state index in [4.69, 9.17) is 11.6 Å². The number of hydrogen-bond acceptors (Lipinski definition) is 2. The molecule has 0 aliphatic heterocycles. The van der Waals surface area contributed by atoms with Gasteiger partial charge >= 0.3 is 0 Å². The number of halogens is 1. The van der Waals surface area contributed by atoms with Crippen LogP contribution < -0.4 is 0 Å². The van der Waals surface area contributed by atoms with Crippen molar-refractivity contribution in [3.63, 3.8) is 0 Å². The molecule has 4 heteroatoms. The quantitative estimate of drug-likeness (QED) is 0.746. The van der Waals surface area contributed by atoms with Crippen molar-refractivity contribution < 1.29 is 0 Å². The SMILES string of the molecule is CC(c1ccncc1)n1cnc(CCl)c1. The number of nitrogens with zero attached hydrogens (tertiary/aromatic N) is 3. The molecular formula is C11H12ClN3. The second-order valence-electron chi connectivity index (χ2n) is 3.40. The summed E-state index contributed by atoms with van der Waals surface area (Å²) in [5.41, 5.74) is 2.11. The molecule has 1 atom stereocenters. The number of aromatic nitrogens is 3. The largest absolute Gasteiger partial charge is 0.330 e. The van der Waals surface area contributed by atoms with Crippen LogP contribution in [0.4, 0.5) is 0 Å². The normalized spacial score (nSPS) is 12.7. The van der Waals surface area contributed by atoms with E-state index in [0.717, 1.165) is 5.69 Å². The van der Waals surface area contributed by atoms with Crippen molar-refractivity contribution >= 4 is 11.6 Å². The number of alkyl halides is 1. The zero-order valence-electron chi connectivity index (χ0n) is 8.47. The summed E-state index contributed by atoms with van der Waals surface area (Å²) in [6, 6.07) is 4.27. The van der Waals surface area contributed by atoms with Crippen LogP contribution >= 0.6 is 11.6 Å². The molecule has 2 aromatic rings. The lowest BCUT2D eigenvalue weighted by atomic mass is 10.1. The Morgan fingerprint density at radius 3 is 2.73 bits per heavy atom. The van der Waals surface area contributed by atoms with E-state index in [2.05, 4.69) is 16.9 Å². The lowest BCUT2D eigenvalue weighted by Gasteiger charge is -2.12. The minimum Gasteiger partial charge on any atom is -0.330 e. The highest BCUT2D eigenvalue weighted by atomic mass is 35.5. The van der Waals surface area contributed by atoms with Gasteiger partial charge in [0.25, 0.3) is 0 Å². The molecule has 0 aliphatic carbocycles. The topological polar surface area (TPSA) is 30.7 Å². The second kappa shape index (κ2) is 4.45. The summed E-state index contributed by atoms with van der Waals surface area (Å²) in [5.74, 6) is 0.454. The summed E-state index contributed by atoms with van der Waals surface area (Å²) in [7, 11) is 0. The van der Waals surface area contributed by atoms with Gasteiger partial charge in [-0.3, -0.25) is 4.98 Å². The minimum absolute atomic E-state index is 0.262. The first-order valence-corrected chi connectivity index (χ1v) is 5.33. The average molecular weight is 222 g/mol. The summed E-state index contributed by atoms with van der Waals surface area (Å²) in [4.78, 5) is 8.19. The third kappa shape index (κ3) is 2.18. The molecule has 0 saturated carbocycles. The molecule has 3 nitrogen and oxygen atoms in total. The average Bonchev–Trinajstić information content (AvgIpc) is 2.78. The predicted octanol–water partition coefficient (Wildman–Crippen LogP) is 2.63. The Bertz CT molecular complexity index is 424. The van der Waals surface area contributed by atoms with Crippen LogP contribution in [0.25, 0.3) is 0 Å². The van der Waals surface area contributed by atoms with Gasteiger partial charge in [0.05, 0.1) is 23.9 Å². The molecule has 0 radical (unpaired) electrons. The first-order chi connectivity index (χ1) is 7.31. The number of pyridine rings is 1. The maximum absolute atomic E-state index is 5.71. The van der Waals surface area contributed by atoms with Crippen LogP contribution in [0.2, 0.25) is 0 Å². The minimum atomic E-state index is 0.262. The van der Waals surface area contributed by atoms with E-state index in [1.807, 2.05) is 29.2 Å². The number of imidazole rings is 1. The second-order valence-corrected chi connectivity index (χ2v) is 3.67. The lowest BCUT2D eigenvalue weighted by Crippen LogP contribution is -2.04. The van der Waals surface area contributed by atoms with Gasteiger partial charge < -0.3 is 4.57 Å². The zero-order chi connectivity index (χ0) is 10.7. The van der Waals surface area contributed by atoms with Crippen LogP contribution in [0, 0.1) is 0 Å². The smallest absolute Gasteiger partial charge is 0.0955 e. The van der Waals surface area contributed by atoms with E-state index in [0.29, 0.717) is 5.88 Å². The first kappa shape index (κ1) is 10.2. The molecular weight excluding hydrogens is 210 g/mol. The van der Waals surface area contributed by atoms with Gasteiger partial charge in [-0.2, -0.15) is 0 Å². The van der Waals surface area contributed by atoms with Crippen molar-refractivity contribution in [1.29, 1.82) is 0 Å². The number of hydrogen-bond donors (Lipinski definition) is 0. The summed E-state index contributed by atoms with van der Waals surface area (Å²) in [6.07, 6.45) is 7.37. The van der Waals surface area contributed by atoms with Gasteiger partial charge in [-0.15, -0.1) is 11.6 Å². The van der Waals surface area contributed by atoms with Crippen molar-refractivity contribution in [3.8, 4) is 0 Å². The van der Waals surface area contributed by atoms with Gasteiger partial charge in [0.1, 0.15) is 0 Å². The molecule has 0 amide bonds. The predicted molar refractivity (Wildman–Crippen MR) is 59.8 cm³/mol. The Hall–Kier alpha value is -1.35. The molecule has 0 aliphatic rings. The maximum Gasteiger partial charge on any atom is 0.0955 e. The molecule has 0 bridgehead atoms. The van der Waals surface area contributed by atoms with E-state index < -0.39 is 0 Å². The zero-order valence-corrected chi connectivity index (χ0v) is 9.22. The van der Waals surface area contributed by atoms with Gasteiger partial charge in [-0.1, -0.05) is 0 Å². The van der Waals surface area contributed by atoms with Crippen molar-refractivity contribution in [1.82, 2.24) is 14.5 Å². The highest BCUT2D eigenvalue weighted by Gasteiger charge is 2.07. The third-order valence-electron chi connectivity index (χ3n) is 2.43. The molecule has 15 heavy (non-hydrogen) atoms.